The number of rotatable bonds is 7. The second kappa shape index (κ2) is 5.28. The summed E-state index contributed by atoms with van der Waals surface area (Å²) in [5.41, 5.74) is 1.25. The molecular formula is C12H20N2O2S2. The van der Waals surface area contributed by atoms with Crippen LogP contribution in [0.25, 0.3) is 0 Å². The van der Waals surface area contributed by atoms with Crippen LogP contribution in [0.2, 0.25) is 0 Å². The van der Waals surface area contributed by atoms with E-state index < -0.39 is 10.0 Å². The lowest BCUT2D eigenvalue weighted by molar-refractivity contribution is 0.476. The van der Waals surface area contributed by atoms with Crippen LogP contribution >= 0.6 is 11.3 Å². The summed E-state index contributed by atoms with van der Waals surface area (Å²) in [5.74, 6) is 0. The predicted octanol–water partition coefficient (Wildman–Crippen LogP) is 1.94. The zero-order chi connectivity index (χ0) is 13.2. The fraction of sp³-hybridized carbons (Fsp3) is 0.667. The first kappa shape index (κ1) is 14.0. The second-order valence-corrected chi connectivity index (χ2v) is 7.89. The van der Waals surface area contributed by atoms with Gasteiger partial charge in [0.25, 0.3) is 0 Å². The van der Waals surface area contributed by atoms with Crippen molar-refractivity contribution in [3.05, 3.63) is 17.0 Å². The number of sulfonamides is 1. The van der Waals surface area contributed by atoms with Gasteiger partial charge in [0, 0.05) is 13.1 Å². The number of thiophene rings is 1. The Morgan fingerprint density at radius 1 is 1.44 bits per heavy atom. The van der Waals surface area contributed by atoms with Crippen molar-refractivity contribution in [2.24, 2.45) is 5.41 Å². The Balaban J connectivity index is 2.01. The van der Waals surface area contributed by atoms with E-state index in [-0.39, 0.29) is 5.41 Å². The van der Waals surface area contributed by atoms with Crippen molar-refractivity contribution in [1.29, 1.82) is 0 Å². The Morgan fingerprint density at radius 3 is 2.72 bits per heavy atom. The largest absolute Gasteiger partial charge is 0.316 e. The van der Waals surface area contributed by atoms with Crippen molar-refractivity contribution < 1.29 is 8.42 Å². The number of nitrogens with one attached hydrogen (secondary N) is 2. The van der Waals surface area contributed by atoms with E-state index in [0.717, 1.165) is 24.8 Å². The molecule has 0 saturated heterocycles. The Kier molecular flexibility index (Phi) is 4.11. The summed E-state index contributed by atoms with van der Waals surface area (Å²) in [5, 5.41) is 4.90. The summed E-state index contributed by atoms with van der Waals surface area (Å²) in [6.45, 7) is 3.40. The topological polar surface area (TPSA) is 58.2 Å². The van der Waals surface area contributed by atoms with Crippen LogP contribution in [0.15, 0.2) is 15.7 Å². The van der Waals surface area contributed by atoms with E-state index in [4.69, 9.17) is 0 Å². The third kappa shape index (κ3) is 3.12. The minimum Gasteiger partial charge on any atom is -0.316 e. The van der Waals surface area contributed by atoms with Gasteiger partial charge in [0.05, 0.1) is 0 Å². The zero-order valence-corrected chi connectivity index (χ0v) is 12.5. The Hall–Kier alpha value is -0.430. The van der Waals surface area contributed by atoms with Crippen molar-refractivity contribution in [3.63, 3.8) is 0 Å². The van der Waals surface area contributed by atoms with Crippen LogP contribution in [0, 0.1) is 5.41 Å². The first-order valence-corrected chi connectivity index (χ1v) is 8.59. The summed E-state index contributed by atoms with van der Waals surface area (Å²) in [7, 11) is -1.47. The van der Waals surface area contributed by atoms with Crippen LogP contribution < -0.4 is 10.0 Å². The highest BCUT2D eigenvalue weighted by molar-refractivity contribution is 7.91. The molecular weight excluding hydrogens is 268 g/mol. The van der Waals surface area contributed by atoms with Gasteiger partial charge in [-0.3, -0.25) is 0 Å². The maximum Gasteiger partial charge on any atom is 0.250 e. The van der Waals surface area contributed by atoms with E-state index in [1.165, 1.54) is 11.3 Å². The molecule has 0 spiro atoms. The molecule has 0 aliphatic heterocycles. The molecule has 102 valence electrons. The third-order valence-electron chi connectivity index (χ3n) is 3.62. The van der Waals surface area contributed by atoms with Crippen LogP contribution in [0.4, 0.5) is 0 Å². The molecule has 2 N–H and O–H groups in total. The normalized spacial score (nSPS) is 17.9. The first-order chi connectivity index (χ1) is 8.51. The van der Waals surface area contributed by atoms with Gasteiger partial charge < -0.3 is 5.32 Å². The predicted molar refractivity (Wildman–Crippen MR) is 74.2 cm³/mol. The van der Waals surface area contributed by atoms with Gasteiger partial charge in [-0.2, -0.15) is 0 Å². The van der Waals surface area contributed by atoms with Crippen molar-refractivity contribution in [1.82, 2.24) is 10.0 Å². The van der Waals surface area contributed by atoms with Gasteiger partial charge in [-0.1, -0.05) is 6.92 Å². The fourth-order valence-electron chi connectivity index (χ4n) is 1.94. The van der Waals surface area contributed by atoms with Crippen molar-refractivity contribution >= 4 is 21.4 Å². The van der Waals surface area contributed by atoms with Crippen molar-refractivity contribution in [2.45, 2.75) is 36.9 Å². The molecule has 2 rings (SSSR count). The monoisotopic (exact) mass is 288 g/mol. The molecule has 4 nitrogen and oxygen atoms in total. The molecule has 1 aliphatic carbocycles. The lowest BCUT2D eigenvalue weighted by atomic mass is 10.1. The molecule has 0 atom stereocenters. The van der Waals surface area contributed by atoms with E-state index in [9.17, 15) is 8.42 Å². The molecule has 0 unspecified atom stereocenters. The molecule has 6 heteroatoms. The van der Waals surface area contributed by atoms with E-state index >= 15 is 0 Å². The van der Waals surface area contributed by atoms with Gasteiger partial charge >= 0.3 is 0 Å². The standard InChI is InChI=1S/C12H20N2O2S2/c1-3-12(4-5-12)9-14-18(15,16)11-6-10(7-13-2)8-17-11/h6,8,13-14H,3-5,7,9H2,1-2H3. The highest BCUT2D eigenvalue weighted by Crippen LogP contribution is 2.48. The van der Waals surface area contributed by atoms with E-state index in [0.29, 0.717) is 17.3 Å². The fourth-order valence-corrected chi connectivity index (χ4v) is 4.35. The molecule has 1 aromatic rings. The van der Waals surface area contributed by atoms with Crippen molar-refractivity contribution in [3.8, 4) is 0 Å². The van der Waals surface area contributed by atoms with Gasteiger partial charge in [0.1, 0.15) is 4.21 Å². The minimum atomic E-state index is -3.32. The molecule has 0 radical (unpaired) electrons. The van der Waals surface area contributed by atoms with Crippen LogP contribution in [-0.4, -0.2) is 22.0 Å². The van der Waals surface area contributed by atoms with E-state index in [1.807, 2.05) is 12.4 Å². The summed E-state index contributed by atoms with van der Waals surface area (Å²) < 4.78 is 27.4. The maximum atomic E-state index is 12.1. The SMILES string of the molecule is CCC1(CNS(=O)(=O)c2cc(CNC)cs2)CC1. The summed E-state index contributed by atoms with van der Waals surface area (Å²) in [6.07, 6.45) is 3.33. The molecule has 0 aromatic carbocycles. The Bertz CT molecular complexity index is 504. The van der Waals surface area contributed by atoms with Crippen LogP contribution in [0.1, 0.15) is 31.7 Å². The molecule has 1 heterocycles. The second-order valence-electron chi connectivity index (χ2n) is 4.98. The third-order valence-corrected chi connectivity index (χ3v) is 6.51. The molecule has 1 saturated carbocycles. The van der Waals surface area contributed by atoms with E-state index in [2.05, 4.69) is 17.0 Å². The quantitative estimate of drug-likeness (QED) is 0.806. The van der Waals surface area contributed by atoms with Gasteiger partial charge in [0.15, 0.2) is 0 Å². The summed E-state index contributed by atoms with van der Waals surface area (Å²) >= 11 is 1.28. The average molecular weight is 288 g/mol. The van der Waals surface area contributed by atoms with Gasteiger partial charge in [-0.05, 0) is 48.7 Å². The Morgan fingerprint density at radius 2 is 2.17 bits per heavy atom. The lowest BCUT2D eigenvalue weighted by Gasteiger charge is -2.12. The van der Waals surface area contributed by atoms with E-state index in [1.54, 1.807) is 6.07 Å². The lowest BCUT2D eigenvalue weighted by Crippen LogP contribution is -2.29. The van der Waals surface area contributed by atoms with Gasteiger partial charge in [-0.15, -0.1) is 11.3 Å². The molecule has 0 amide bonds. The molecule has 1 aliphatic rings. The maximum absolute atomic E-state index is 12.1. The van der Waals surface area contributed by atoms with Crippen LogP contribution in [-0.2, 0) is 16.6 Å². The molecule has 1 fully saturated rings. The highest BCUT2D eigenvalue weighted by Gasteiger charge is 2.41. The molecule has 0 bridgehead atoms. The highest BCUT2D eigenvalue weighted by atomic mass is 32.2. The van der Waals surface area contributed by atoms with Crippen molar-refractivity contribution in [2.75, 3.05) is 13.6 Å². The Labute approximate surface area is 113 Å². The molecule has 1 aromatic heterocycles. The van der Waals surface area contributed by atoms with Gasteiger partial charge in [-0.25, -0.2) is 13.1 Å². The molecule has 18 heavy (non-hydrogen) atoms. The minimum absolute atomic E-state index is 0.234. The van der Waals surface area contributed by atoms with Crippen LogP contribution in [0.5, 0.6) is 0 Å². The van der Waals surface area contributed by atoms with Crippen LogP contribution in [0.3, 0.4) is 0 Å². The smallest absolute Gasteiger partial charge is 0.250 e. The number of hydrogen-bond donors (Lipinski definition) is 2. The zero-order valence-electron chi connectivity index (χ0n) is 10.8. The first-order valence-electron chi connectivity index (χ1n) is 6.23. The average Bonchev–Trinajstić information content (AvgIpc) is 2.98. The summed E-state index contributed by atoms with van der Waals surface area (Å²) in [6, 6.07) is 1.75. The van der Waals surface area contributed by atoms with Gasteiger partial charge in [0.2, 0.25) is 10.0 Å². The number of hydrogen-bond acceptors (Lipinski definition) is 4. The summed E-state index contributed by atoms with van der Waals surface area (Å²) in [4.78, 5) is 0.